The molecule has 1 atom stereocenters. The molecule has 0 aliphatic carbocycles. The number of piperazine rings is 1. The molecular weight excluding hydrogens is 416 g/mol. The van der Waals surface area contributed by atoms with Gasteiger partial charge in [-0.15, -0.1) is 0 Å². The minimum Gasteiger partial charge on any atom is -0.372 e. The number of aromatic nitrogens is 1. The summed E-state index contributed by atoms with van der Waals surface area (Å²) in [4.78, 5) is 32.9. The molecular formula is C26H38N4O3. The Bertz CT molecular complexity index is 865. The monoisotopic (exact) mass is 454 g/mol. The maximum atomic E-state index is 12.5. The predicted octanol–water partition coefficient (Wildman–Crippen LogP) is 4.03. The molecule has 1 fully saturated rings. The number of rotatable bonds is 7. The molecule has 0 bridgehead atoms. The summed E-state index contributed by atoms with van der Waals surface area (Å²) in [6, 6.07) is 13.8. The highest BCUT2D eigenvalue weighted by Gasteiger charge is 2.22. The van der Waals surface area contributed by atoms with E-state index >= 15 is 0 Å². The molecule has 1 N–H and O–H groups in total. The maximum Gasteiger partial charge on any atom is 0.272 e. The quantitative estimate of drug-likeness (QED) is 0.684. The largest absolute Gasteiger partial charge is 0.372 e. The van der Waals surface area contributed by atoms with Crippen LogP contribution in [0.4, 0.5) is 5.69 Å². The molecule has 180 valence electrons. The van der Waals surface area contributed by atoms with Crippen LogP contribution in [0.2, 0.25) is 0 Å². The number of carbonyl (C=O) groups is 2. The van der Waals surface area contributed by atoms with E-state index in [-0.39, 0.29) is 11.8 Å². The van der Waals surface area contributed by atoms with Gasteiger partial charge < -0.3 is 19.9 Å². The topological polar surface area (TPSA) is 74.8 Å². The Labute approximate surface area is 198 Å². The Morgan fingerprint density at radius 1 is 1.09 bits per heavy atom. The molecule has 7 heteroatoms. The van der Waals surface area contributed by atoms with Crippen molar-refractivity contribution in [3.63, 3.8) is 0 Å². The van der Waals surface area contributed by atoms with E-state index < -0.39 is 6.10 Å². The SMILES string of the molecule is CC(C)c1ccccc1.CCCC(OC)C(=O)Nc1ccnc(C(=O)N2CCN(C)CC2)c1. The molecule has 2 amide bonds. The highest BCUT2D eigenvalue weighted by molar-refractivity contribution is 5.97. The second-order valence-corrected chi connectivity index (χ2v) is 8.59. The number of ether oxygens (including phenoxy) is 1. The minimum atomic E-state index is -0.486. The van der Waals surface area contributed by atoms with Crippen LogP contribution in [0.3, 0.4) is 0 Å². The van der Waals surface area contributed by atoms with Gasteiger partial charge in [0.05, 0.1) is 0 Å². The maximum absolute atomic E-state index is 12.5. The number of carbonyl (C=O) groups excluding carboxylic acids is 2. The standard InChI is InChI=1S/C17H26N4O3.C9H12/c1-4-5-15(24-3)16(22)19-13-6-7-18-14(12-13)17(23)21-10-8-20(2)9-11-21;1-8(2)9-6-4-3-5-7-9/h6-7,12,15H,4-5,8-11H2,1-3H3,(H,18,19,22);3-8H,1-2H3. The van der Waals surface area contributed by atoms with Crippen LogP contribution in [0.15, 0.2) is 48.7 Å². The zero-order valence-corrected chi connectivity index (χ0v) is 20.6. The van der Waals surface area contributed by atoms with E-state index in [9.17, 15) is 9.59 Å². The molecule has 0 radical (unpaired) electrons. The lowest BCUT2D eigenvalue weighted by molar-refractivity contribution is -0.126. The lowest BCUT2D eigenvalue weighted by Crippen LogP contribution is -2.47. The van der Waals surface area contributed by atoms with E-state index in [0.717, 1.165) is 19.5 Å². The van der Waals surface area contributed by atoms with Gasteiger partial charge in [-0.1, -0.05) is 57.5 Å². The van der Waals surface area contributed by atoms with Crippen molar-refractivity contribution in [1.82, 2.24) is 14.8 Å². The van der Waals surface area contributed by atoms with Crippen molar-refractivity contribution in [2.75, 3.05) is 45.7 Å². The molecule has 1 aliphatic heterocycles. The number of anilines is 1. The lowest BCUT2D eigenvalue weighted by Gasteiger charge is -2.32. The van der Waals surface area contributed by atoms with E-state index in [1.54, 1.807) is 23.2 Å². The van der Waals surface area contributed by atoms with Gasteiger partial charge in [-0.25, -0.2) is 0 Å². The predicted molar refractivity (Wildman–Crippen MR) is 133 cm³/mol. The highest BCUT2D eigenvalue weighted by atomic mass is 16.5. The first kappa shape index (κ1) is 26.5. The van der Waals surface area contributed by atoms with Crippen molar-refractivity contribution in [3.05, 3.63) is 59.9 Å². The molecule has 2 heterocycles. The fraction of sp³-hybridized carbons (Fsp3) is 0.500. The second kappa shape index (κ2) is 13.7. The van der Waals surface area contributed by atoms with E-state index in [2.05, 4.69) is 53.3 Å². The van der Waals surface area contributed by atoms with Gasteiger partial charge in [0.1, 0.15) is 11.8 Å². The molecule has 33 heavy (non-hydrogen) atoms. The molecule has 1 unspecified atom stereocenters. The van der Waals surface area contributed by atoms with Crippen LogP contribution in [0.1, 0.15) is 55.6 Å². The van der Waals surface area contributed by atoms with Crippen LogP contribution in [0.25, 0.3) is 0 Å². The molecule has 3 rings (SSSR count). The fourth-order valence-electron chi connectivity index (χ4n) is 3.48. The number of hydrogen-bond acceptors (Lipinski definition) is 5. The van der Waals surface area contributed by atoms with Gasteiger partial charge in [0.2, 0.25) is 0 Å². The highest BCUT2D eigenvalue weighted by Crippen LogP contribution is 2.14. The van der Waals surface area contributed by atoms with Crippen LogP contribution in [0, 0.1) is 0 Å². The summed E-state index contributed by atoms with van der Waals surface area (Å²) >= 11 is 0. The smallest absolute Gasteiger partial charge is 0.272 e. The van der Waals surface area contributed by atoms with E-state index in [1.165, 1.54) is 12.7 Å². The van der Waals surface area contributed by atoms with Gasteiger partial charge in [0.15, 0.2) is 0 Å². The normalized spacial score (nSPS) is 14.9. The molecule has 2 aromatic rings. The van der Waals surface area contributed by atoms with Crippen molar-refractivity contribution in [3.8, 4) is 0 Å². The first-order valence-corrected chi connectivity index (χ1v) is 11.7. The van der Waals surface area contributed by atoms with Crippen LogP contribution in [0.5, 0.6) is 0 Å². The Morgan fingerprint density at radius 2 is 1.76 bits per heavy atom. The Morgan fingerprint density at radius 3 is 2.30 bits per heavy atom. The van der Waals surface area contributed by atoms with Gasteiger partial charge in [-0.2, -0.15) is 0 Å². The average molecular weight is 455 g/mol. The summed E-state index contributed by atoms with van der Waals surface area (Å²) in [6.07, 6.45) is 2.57. The van der Waals surface area contributed by atoms with E-state index in [4.69, 9.17) is 4.74 Å². The number of amides is 2. The first-order valence-electron chi connectivity index (χ1n) is 11.7. The number of likely N-dealkylation sites (N-methyl/N-ethyl adjacent to an activating group) is 1. The summed E-state index contributed by atoms with van der Waals surface area (Å²) in [5.74, 6) is 0.353. The van der Waals surface area contributed by atoms with Crippen molar-refractivity contribution in [2.45, 2.75) is 45.6 Å². The zero-order valence-electron chi connectivity index (χ0n) is 20.6. The number of methoxy groups -OCH3 is 1. The van der Waals surface area contributed by atoms with Gasteiger partial charge in [0.25, 0.3) is 11.8 Å². The summed E-state index contributed by atoms with van der Waals surface area (Å²) < 4.78 is 5.20. The van der Waals surface area contributed by atoms with Crippen LogP contribution in [-0.4, -0.2) is 73.0 Å². The summed E-state index contributed by atoms with van der Waals surface area (Å²) in [7, 11) is 3.56. The fourth-order valence-corrected chi connectivity index (χ4v) is 3.48. The zero-order chi connectivity index (χ0) is 24.2. The van der Waals surface area contributed by atoms with Gasteiger partial charge in [0, 0.05) is 45.2 Å². The van der Waals surface area contributed by atoms with Crippen LogP contribution >= 0.6 is 0 Å². The number of pyridine rings is 1. The number of hydrogen-bond donors (Lipinski definition) is 1. The summed E-state index contributed by atoms with van der Waals surface area (Å²) in [5, 5.41) is 2.80. The number of benzene rings is 1. The number of nitrogens with zero attached hydrogens (tertiary/aromatic N) is 3. The van der Waals surface area contributed by atoms with Gasteiger partial charge in [-0.3, -0.25) is 14.6 Å². The lowest BCUT2D eigenvalue weighted by atomic mass is 10.0. The first-order chi connectivity index (χ1) is 15.8. The van der Waals surface area contributed by atoms with Gasteiger partial charge >= 0.3 is 0 Å². The third kappa shape index (κ3) is 8.59. The molecule has 1 aromatic carbocycles. The van der Waals surface area contributed by atoms with Crippen LogP contribution < -0.4 is 5.32 Å². The average Bonchev–Trinajstić information content (AvgIpc) is 2.83. The summed E-state index contributed by atoms with van der Waals surface area (Å²) in [5.41, 5.74) is 2.32. The number of nitrogens with one attached hydrogen (secondary N) is 1. The van der Waals surface area contributed by atoms with Crippen molar-refractivity contribution in [2.24, 2.45) is 0 Å². The minimum absolute atomic E-state index is 0.101. The van der Waals surface area contributed by atoms with Crippen LogP contribution in [-0.2, 0) is 9.53 Å². The Kier molecular flexibility index (Phi) is 11.0. The molecule has 0 spiro atoms. The molecule has 1 aromatic heterocycles. The van der Waals surface area contributed by atoms with Crippen molar-refractivity contribution in [1.29, 1.82) is 0 Å². The molecule has 0 saturated carbocycles. The van der Waals surface area contributed by atoms with Crippen molar-refractivity contribution < 1.29 is 14.3 Å². The van der Waals surface area contributed by atoms with E-state index in [1.807, 2.05) is 20.0 Å². The van der Waals surface area contributed by atoms with Gasteiger partial charge in [-0.05, 0) is 37.1 Å². The summed E-state index contributed by atoms with van der Waals surface area (Å²) in [6.45, 7) is 9.50. The second-order valence-electron chi connectivity index (χ2n) is 8.59. The molecule has 1 aliphatic rings. The molecule has 1 saturated heterocycles. The Hall–Kier alpha value is -2.77. The molecule has 7 nitrogen and oxygen atoms in total. The Balaban J connectivity index is 0.000000357. The van der Waals surface area contributed by atoms with E-state index in [0.29, 0.717) is 36.8 Å². The van der Waals surface area contributed by atoms with Crippen molar-refractivity contribution >= 4 is 17.5 Å². The third-order valence-electron chi connectivity index (χ3n) is 5.63. The third-order valence-corrected chi connectivity index (χ3v) is 5.63.